The van der Waals surface area contributed by atoms with Gasteiger partial charge in [0.2, 0.25) is 6.41 Å². The molecule has 2 atom stereocenters. The Hall–Kier alpha value is -2.08. The molecule has 122 valence electrons. The topological polar surface area (TPSA) is 87.7 Å². The molecule has 0 heterocycles. The van der Waals surface area contributed by atoms with E-state index in [1.807, 2.05) is 30.3 Å². The third kappa shape index (κ3) is 7.08. The fourth-order valence-electron chi connectivity index (χ4n) is 1.88. The molecule has 0 fully saturated rings. The Balaban J connectivity index is 2.53. The van der Waals surface area contributed by atoms with Crippen LogP contribution in [-0.4, -0.2) is 35.5 Å². The van der Waals surface area contributed by atoms with Gasteiger partial charge in [0.05, 0.1) is 6.10 Å². The monoisotopic (exact) mass is 308 g/mol. The summed E-state index contributed by atoms with van der Waals surface area (Å²) in [6.45, 7) is 5.21. The fraction of sp³-hybridized carbons (Fsp3) is 0.500. The van der Waals surface area contributed by atoms with Crippen LogP contribution in [0.3, 0.4) is 0 Å². The summed E-state index contributed by atoms with van der Waals surface area (Å²) in [7, 11) is 0. The summed E-state index contributed by atoms with van der Waals surface area (Å²) in [4.78, 5) is 22.4. The lowest BCUT2D eigenvalue weighted by atomic mass is 10.1. The predicted molar refractivity (Wildman–Crippen MR) is 83.1 cm³/mol. The number of carbonyl (C=O) groups excluding carboxylic acids is 2. The number of benzene rings is 1. The van der Waals surface area contributed by atoms with Gasteiger partial charge in [0, 0.05) is 0 Å². The van der Waals surface area contributed by atoms with Crippen LogP contribution < -0.4 is 10.6 Å². The molecule has 3 N–H and O–H groups in total. The number of ether oxygens (including phenoxy) is 1. The summed E-state index contributed by atoms with van der Waals surface area (Å²) in [5.74, 6) is 0. The molecule has 0 radical (unpaired) electrons. The number of aliphatic hydroxyl groups excluding tert-OH is 1. The molecule has 1 aromatic carbocycles. The van der Waals surface area contributed by atoms with Crippen molar-refractivity contribution in [2.24, 2.45) is 0 Å². The number of aliphatic hydroxyl groups is 1. The second-order valence-corrected chi connectivity index (χ2v) is 6.00. The van der Waals surface area contributed by atoms with Crippen molar-refractivity contribution in [1.82, 2.24) is 10.6 Å². The first-order valence-electron chi connectivity index (χ1n) is 7.23. The average molecular weight is 308 g/mol. The van der Waals surface area contributed by atoms with Crippen LogP contribution in [0.1, 0.15) is 32.8 Å². The van der Waals surface area contributed by atoms with E-state index in [9.17, 15) is 14.7 Å². The van der Waals surface area contributed by atoms with Crippen LogP contribution in [0.25, 0.3) is 0 Å². The summed E-state index contributed by atoms with van der Waals surface area (Å²) < 4.78 is 5.11. The maximum atomic E-state index is 11.7. The zero-order valence-corrected chi connectivity index (χ0v) is 13.2. The van der Waals surface area contributed by atoms with Gasteiger partial charge in [0.1, 0.15) is 11.8 Å². The van der Waals surface area contributed by atoms with E-state index < -0.39 is 24.0 Å². The van der Waals surface area contributed by atoms with Gasteiger partial charge in [-0.1, -0.05) is 30.3 Å². The third-order valence-corrected chi connectivity index (χ3v) is 2.88. The van der Waals surface area contributed by atoms with Crippen LogP contribution in [0, 0.1) is 0 Å². The van der Waals surface area contributed by atoms with Crippen molar-refractivity contribution in [3.05, 3.63) is 35.9 Å². The van der Waals surface area contributed by atoms with E-state index in [1.54, 1.807) is 20.8 Å². The number of hydrogen-bond donors (Lipinski definition) is 3. The highest BCUT2D eigenvalue weighted by atomic mass is 16.6. The number of hydrogen-bond acceptors (Lipinski definition) is 4. The van der Waals surface area contributed by atoms with E-state index >= 15 is 0 Å². The van der Waals surface area contributed by atoms with E-state index in [4.69, 9.17) is 4.74 Å². The second kappa shape index (κ2) is 8.38. The van der Waals surface area contributed by atoms with Crippen molar-refractivity contribution in [2.45, 2.75) is 51.5 Å². The number of rotatable bonds is 7. The van der Waals surface area contributed by atoms with E-state index in [1.165, 1.54) is 0 Å². The number of aryl methyl sites for hydroxylation is 1. The van der Waals surface area contributed by atoms with Crippen molar-refractivity contribution in [2.75, 3.05) is 0 Å². The van der Waals surface area contributed by atoms with E-state index in [0.29, 0.717) is 19.3 Å². The summed E-state index contributed by atoms with van der Waals surface area (Å²) in [5, 5.41) is 15.0. The lowest BCUT2D eigenvalue weighted by Gasteiger charge is -2.26. The third-order valence-electron chi connectivity index (χ3n) is 2.88. The molecule has 0 saturated heterocycles. The van der Waals surface area contributed by atoms with Gasteiger partial charge >= 0.3 is 6.09 Å². The van der Waals surface area contributed by atoms with E-state index in [2.05, 4.69) is 10.6 Å². The predicted octanol–water partition coefficient (Wildman–Crippen LogP) is 1.58. The maximum absolute atomic E-state index is 11.7. The molecule has 22 heavy (non-hydrogen) atoms. The Morgan fingerprint density at radius 2 is 1.95 bits per heavy atom. The molecular formula is C16H24N2O4. The number of amides is 2. The maximum Gasteiger partial charge on any atom is 0.409 e. The minimum Gasteiger partial charge on any atom is -0.444 e. The molecule has 0 bridgehead atoms. The summed E-state index contributed by atoms with van der Waals surface area (Å²) in [5.41, 5.74) is 0.425. The normalized spacial score (nSPS) is 13.8. The summed E-state index contributed by atoms with van der Waals surface area (Å²) in [6, 6.07) is 9.66. The molecule has 0 aliphatic rings. The molecule has 6 heteroatoms. The van der Waals surface area contributed by atoms with E-state index in [-0.39, 0.29) is 0 Å². The standard InChI is InChI=1S/C16H24N2O4/c1-16(2,3)22-15(21)18-14(17-11-19)13(20)10-9-12-7-5-4-6-8-12/h4-8,11,13-14,20H,9-10H2,1-3H3,(H,17,19)(H,18,21)/t13-,14?/m0/s1. The highest BCUT2D eigenvalue weighted by molar-refractivity contribution is 5.68. The zero-order chi connectivity index (χ0) is 16.6. The van der Waals surface area contributed by atoms with Crippen LogP contribution in [0.2, 0.25) is 0 Å². The van der Waals surface area contributed by atoms with Gasteiger partial charge in [-0.2, -0.15) is 0 Å². The van der Waals surface area contributed by atoms with Crippen LogP contribution in [0.5, 0.6) is 0 Å². The minimum atomic E-state index is -0.919. The molecule has 2 amide bonds. The van der Waals surface area contributed by atoms with Crippen molar-refractivity contribution in [3.63, 3.8) is 0 Å². The van der Waals surface area contributed by atoms with Crippen molar-refractivity contribution >= 4 is 12.5 Å². The van der Waals surface area contributed by atoms with Gasteiger partial charge in [-0.05, 0) is 39.2 Å². The Kier molecular flexibility index (Phi) is 6.85. The molecule has 0 aliphatic heterocycles. The molecule has 0 saturated carbocycles. The number of carbonyl (C=O) groups is 2. The summed E-state index contributed by atoms with van der Waals surface area (Å²) in [6.07, 6.45) is -1.03. The highest BCUT2D eigenvalue weighted by Crippen LogP contribution is 2.09. The first-order chi connectivity index (χ1) is 10.3. The van der Waals surface area contributed by atoms with Gasteiger partial charge < -0.3 is 15.2 Å². The van der Waals surface area contributed by atoms with Crippen LogP contribution in [0.15, 0.2) is 30.3 Å². The Bertz CT molecular complexity index is 471. The fourth-order valence-corrected chi connectivity index (χ4v) is 1.88. The highest BCUT2D eigenvalue weighted by Gasteiger charge is 2.24. The SMILES string of the molecule is CC(C)(C)OC(=O)NC(NC=O)[C@@H](O)CCc1ccccc1. The Morgan fingerprint density at radius 3 is 2.50 bits per heavy atom. The molecule has 6 nitrogen and oxygen atoms in total. The zero-order valence-electron chi connectivity index (χ0n) is 13.2. The van der Waals surface area contributed by atoms with E-state index in [0.717, 1.165) is 5.56 Å². The number of nitrogens with one attached hydrogen (secondary N) is 2. The molecular weight excluding hydrogens is 284 g/mol. The smallest absolute Gasteiger partial charge is 0.409 e. The molecule has 0 aromatic heterocycles. The molecule has 1 aromatic rings. The second-order valence-electron chi connectivity index (χ2n) is 6.00. The summed E-state index contributed by atoms with van der Waals surface area (Å²) >= 11 is 0. The van der Waals surface area contributed by atoms with Gasteiger partial charge in [-0.25, -0.2) is 4.79 Å². The number of alkyl carbamates (subject to hydrolysis) is 1. The van der Waals surface area contributed by atoms with Crippen molar-refractivity contribution in [3.8, 4) is 0 Å². The van der Waals surface area contributed by atoms with Crippen LogP contribution in [0.4, 0.5) is 4.79 Å². The van der Waals surface area contributed by atoms with Gasteiger partial charge in [0.15, 0.2) is 0 Å². The largest absolute Gasteiger partial charge is 0.444 e. The quantitative estimate of drug-likeness (QED) is 0.527. The Morgan fingerprint density at radius 1 is 1.32 bits per heavy atom. The molecule has 1 rings (SSSR count). The molecule has 1 unspecified atom stereocenters. The van der Waals surface area contributed by atoms with Crippen molar-refractivity contribution in [1.29, 1.82) is 0 Å². The lowest BCUT2D eigenvalue weighted by molar-refractivity contribution is -0.111. The lowest BCUT2D eigenvalue weighted by Crippen LogP contribution is -2.53. The van der Waals surface area contributed by atoms with Crippen molar-refractivity contribution < 1.29 is 19.4 Å². The van der Waals surface area contributed by atoms with Gasteiger partial charge in [0.25, 0.3) is 0 Å². The Labute approximate surface area is 130 Å². The van der Waals surface area contributed by atoms with Gasteiger partial charge in [-0.15, -0.1) is 0 Å². The minimum absolute atomic E-state index is 0.394. The average Bonchev–Trinajstić information content (AvgIpc) is 2.43. The van der Waals surface area contributed by atoms with Crippen LogP contribution >= 0.6 is 0 Å². The molecule has 0 spiro atoms. The van der Waals surface area contributed by atoms with Gasteiger partial charge in [-0.3, -0.25) is 10.1 Å². The first-order valence-corrected chi connectivity index (χ1v) is 7.23. The first kappa shape index (κ1) is 18.0. The molecule has 0 aliphatic carbocycles. The van der Waals surface area contributed by atoms with Crippen LogP contribution in [-0.2, 0) is 16.0 Å².